The van der Waals surface area contributed by atoms with E-state index in [-0.39, 0.29) is 11.4 Å². The number of halogens is 3. The molecule has 0 radical (unpaired) electrons. The summed E-state index contributed by atoms with van der Waals surface area (Å²) in [6, 6.07) is 13.4. The van der Waals surface area contributed by atoms with E-state index in [0.717, 1.165) is 5.69 Å². The zero-order valence-electron chi connectivity index (χ0n) is 19.5. The summed E-state index contributed by atoms with van der Waals surface area (Å²) < 4.78 is 72.4. The van der Waals surface area contributed by atoms with Crippen molar-refractivity contribution in [2.75, 3.05) is 10.0 Å². The van der Waals surface area contributed by atoms with E-state index in [1.807, 2.05) is 24.8 Å². The molecule has 0 aliphatic carbocycles. The molecular formula is C23H23F3N6O3S. The molecule has 13 heteroatoms. The number of rotatable bonds is 9. The van der Waals surface area contributed by atoms with E-state index in [4.69, 9.17) is 4.74 Å². The molecule has 9 nitrogen and oxygen atoms in total. The second-order valence-electron chi connectivity index (χ2n) is 8.02. The standard InChI is InChI=1S/C23H23F3N6O3S/c1-13-10-22(30-32(13)3)27-21-12-19(28-29-21)16-6-9-18(31-36(33,34)23(25)26)20(11-16)35-14(2)15-4-7-17(24)8-5-15/h4-12,14,23,31H,1-3H3,(H2,27,28,29,30)/t14-/m0/s1. The number of benzene rings is 2. The average molecular weight is 521 g/mol. The van der Waals surface area contributed by atoms with Gasteiger partial charge in [0.1, 0.15) is 17.7 Å². The Morgan fingerprint density at radius 1 is 1.06 bits per heavy atom. The maximum atomic E-state index is 13.3. The third kappa shape index (κ3) is 5.62. The lowest BCUT2D eigenvalue weighted by molar-refractivity contribution is 0.228. The first-order valence-corrected chi connectivity index (χ1v) is 12.3. The van der Waals surface area contributed by atoms with E-state index in [1.165, 1.54) is 42.5 Å². The van der Waals surface area contributed by atoms with Crippen LogP contribution in [-0.4, -0.2) is 34.2 Å². The molecule has 0 fully saturated rings. The summed E-state index contributed by atoms with van der Waals surface area (Å²) >= 11 is 0. The van der Waals surface area contributed by atoms with Crippen molar-refractivity contribution < 1.29 is 26.3 Å². The van der Waals surface area contributed by atoms with Gasteiger partial charge >= 0.3 is 5.76 Å². The third-order valence-corrected chi connectivity index (χ3v) is 6.34. The monoisotopic (exact) mass is 520 g/mol. The lowest BCUT2D eigenvalue weighted by Gasteiger charge is -2.19. The number of hydrogen-bond acceptors (Lipinski definition) is 6. The molecule has 1 atom stereocenters. The smallest absolute Gasteiger partial charge is 0.355 e. The second kappa shape index (κ2) is 9.93. The van der Waals surface area contributed by atoms with Gasteiger partial charge in [-0.25, -0.2) is 12.8 Å². The van der Waals surface area contributed by atoms with Crippen molar-refractivity contribution in [2.45, 2.75) is 25.7 Å². The van der Waals surface area contributed by atoms with Crippen molar-refractivity contribution in [3.63, 3.8) is 0 Å². The van der Waals surface area contributed by atoms with Gasteiger partial charge in [-0.15, -0.1) is 0 Å². The Hall–Kier alpha value is -4.00. The van der Waals surface area contributed by atoms with E-state index in [9.17, 15) is 21.6 Å². The van der Waals surface area contributed by atoms with Crippen LogP contribution in [0.25, 0.3) is 11.3 Å². The van der Waals surface area contributed by atoms with Crippen molar-refractivity contribution in [1.29, 1.82) is 0 Å². The van der Waals surface area contributed by atoms with Crippen molar-refractivity contribution in [2.24, 2.45) is 7.05 Å². The van der Waals surface area contributed by atoms with Crippen molar-refractivity contribution in [3.8, 4) is 17.0 Å². The minimum atomic E-state index is -4.94. The molecule has 0 spiro atoms. The average Bonchev–Trinajstić information content (AvgIpc) is 3.41. The Kier molecular flexibility index (Phi) is 6.93. The lowest BCUT2D eigenvalue weighted by atomic mass is 10.1. The lowest BCUT2D eigenvalue weighted by Crippen LogP contribution is -2.21. The quantitative estimate of drug-likeness (QED) is 0.283. The molecule has 0 aliphatic heterocycles. The molecule has 0 amide bonds. The molecule has 0 unspecified atom stereocenters. The molecule has 0 bridgehead atoms. The van der Waals surface area contributed by atoms with Gasteiger partial charge in [0.25, 0.3) is 10.0 Å². The molecule has 36 heavy (non-hydrogen) atoms. The van der Waals surface area contributed by atoms with Crippen LogP contribution in [0.2, 0.25) is 0 Å². The van der Waals surface area contributed by atoms with Crippen LogP contribution in [0.5, 0.6) is 5.75 Å². The molecule has 4 aromatic rings. The normalized spacial score (nSPS) is 12.5. The van der Waals surface area contributed by atoms with Gasteiger partial charge in [-0.1, -0.05) is 18.2 Å². The molecular weight excluding hydrogens is 497 g/mol. The Bertz CT molecular complexity index is 1450. The largest absolute Gasteiger partial charge is 0.484 e. The fourth-order valence-electron chi connectivity index (χ4n) is 3.35. The number of alkyl halides is 2. The summed E-state index contributed by atoms with van der Waals surface area (Å²) in [7, 11) is -3.13. The highest BCUT2D eigenvalue weighted by Crippen LogP contribution is 2.35. The van der Waals surface area contributed by atoms with Crippen LogP contribution in [0.1, 0.15) is 24.3 Å². The van der Waals surface area contributed by atoms with E-state index in [2.05, 4.69) is 20.6 Å². The highest BCUT2D eigenvalue weighted by atomic mass is 32.2. The van der Waals surface area contributed by atoms with Gasteiger partial charge in [0.15, 0.2) is 11.6 Å². The van der Waals surface area contributed by atoms with Crippen LogP contribution in [0.15, 0.2) is 54.6 Å². The molecule has 3 N–H and O–H groups in total. The van der Waals surface area contributed by atoms with Crippen LogP contribution >= 0.6 is 0 Å². The van der Waals surface area contributed by atoms with Gasteiger partial charge in [-0.3, -0.25) is 14.5 Å². The molecule has 4 rings (SSSR count). The zero-order chi connectivity index (χ0) is 26.0. The minimum Gasteiger partial charge on any atom is -0.484 e. The van der Waals surface area contributed by atoms with Crippen LogP contribution < -0.4 is 14.8 Å². The van der Waals surface area contributed by atoms with Gasteiger partial charge in [-0.2, -0.15) is 19.0 Å². The molecule has 0 saturated carbocycles. The minimum absolute atomic E-state index is 0.00184. The summed E-state index contributed by atoms with van der Waals surface area (Å²) in [5.74, 6) is -2.98. The Morgan fingerprint density at radius 2 is 1.78 bits per heavy atom. The fraction of sp³-hybridized carbons (Fsp3) is 0.217. The van der Waals surface area contributed by atoms with Crippen LogP contribution in [0, 0.1) is 12.7 Å². The number of aromatic amines is 1. The van der Waals surface area contributed by atoms with Gasteiger partial charge in [0.2, 0.25) is 0 Å². The van der Waals surface area contributed by atoms with Crippen LogP contribution in [0.3, 0.4) is 0 Å². The van der Waals surface area contributed by atoms with Gasteiger partial charge in [-0.05, 0) is 43.7 Å². The predicted octanol–water partition coefficient (Wildman–Crippen LogP) is 5.11. The SMILES string of the molecule is Cc1cc(Nc2cc(-c3ccc(NS(=O)(=O)C(F)F)c(O[C@@H](C)c4ccc(F)cc4)c3)[nH]n2)nn1C. The van der Waals surface area contributed by atoms with Gasteiger partial charge < -0.3 is 10.1 Å². The number of hydrogen-bond donors (Lipinski definition) is 3. The molecule has 0 saturated heterocycles. The number of sulfonamides is 1. The molecule has 0 aliphatic rings. The highest BCUT2D eigenvalue weighted by molar-refractivity contribution is 7.93. The van der Waals surface area contributed by atoms with Gasteiger partial charge in [0.05, 0.1) is 11.4 Å². The summed E-state index contributed by atoms with van der Waals surface area (Å²) in [5.41, 5.74) is 2.48. The fourth-order valence-corrected chi connectivity index (χ4v) is 3.91. The van der Waals surface area contributed by atoms with Crippen molar-refractivity contribution in [1.82, 2.24) is 20.0 Å². The summed E-state index contributed by atoms with van der Waals surface area (Å²) in [5, 5.41) is 14.5. The first-order chi connectivity index (χ1) is 17.0. The van der Waals surface area contributed by atoms with Crippen LogP contribution in [-0.2, 0) is 17.1 Å². The number of anilines is 3. The number of aryl methyl sites for hydroxylation is 2. The van der Waals surface area contributed by atoms with Crippen molar-refractivity contribution >= 4 is 27.3 Å². The maximum Gasteiger partial charge on any atom is 0.355 e. The Balaban J connectivity index is 1.64. The first kappa shape index (κ1) is 25.1. The topological polar surface area (TPSA) is 114 Å². The van der Waals surface area contributed by atoms with E-state index in [1.54, 1.807) is 17.7 Å². The first-order valence-electron chi connectivity index (χ1n) is 10.7. The zero-order valence-corrected chi connectivity index (χ0v) is 20.3. The van der Waals surface area contributed by atoms with E-state index < -0.39 is 27.7 Å². The van der Waals surface area contributed by atoms with E-state index >= 15 is 0 Å². The maximum absolute atomic E-state index is 13.3. The number of H-pyrrole nitrogens is 1. The summed E-state index contributed by atoms with van der Waals surface area (Å²) in [6.45, 7) is 3.57. The number of ether oxygens (including phenoxy) is 1. The second-order valence-corrected chi connectivity index (χ2v) is 9.67. The van der Waals surface area contributed by atoms with Crippen LogP contribution in [0.4, 0.5) is 30.5 Å². The molecule has 2 aromatic heterocycles. The Morgan fingerprint density at radius 3 is 2.42 bits per heavy atom. The molecule has 190 valence electrons. The summed E-state index contributed by atoms with van der Waals surface area (Å²) in [6.07, 6.45) is -0.651. The highest BCUT2D eigenvalue weighted by Gasteiger charge is 2.26. The number of aromatic nitrogens is 4. The molecule has 2 aromatic carbocycles. The summed E-state index contributed by atoms with van der Waals surface area (Å²) in [4.78, 5) is 0. The number of nitrogens with one attached hydrogen (secondary N) is 3. The molecule has 2 heterocycles. The number of nitrogens with zero attached hydrogens (tertiary/aromatic N) is 3. The van der Waals surface area contributed by atoms with E-state index in [0.29, 0.717) is 28.5 Å². The Labute approximate surface area is 205 Å². The van der Waals surface area contributed by atoms with Gasteiger partial charge in [0, 0.05) is 30.4 Å². The third-order valence-electron chi connectivity index (χ3n) is 5.37. The predicted molar refractivity (Wildman–Crippen MR) is 129 cm³/mol. The van der Waals surface area contributed by atoms with Crippen molar-refractivity contribution in [3.05, 3.63) is 71.7 Å².